The minimum absolute atomic E-state index is 0.0120. The number of piperidine rings is 1. The summed E-state index contributed by atoms with van der Waals surface area (Å²) in [4.78, 5) is 6.42. The van der Waals surface area contributed by atoms with Crippen molar-refractivity contribution in [1.29, 1.82) is 0 Å². The van der Waals surface area contributed by atoms with Gasteiger partial charge in [0.2, 0.25) is 0 Å². The van der Waals surface area contributed by atoms with E-state index in [-0.39, 0.29) is 24.0 Å². The molecule has 1 N–H and O–H groups in total. The number of fused-ring (bicyclic) bond motifs is 1. The number of hydrogen-bond donors (Lipinski definition) is 1. The van der Waals surface area contributed by atoms with E-state index in [0.717, 1.165) is 29.9 Å². The molecule has 1 saturated heterocycles. The van der Waals surface area contributed by atoms with Gasteiger partial charge in [0.1, 0.15) is 11.9 Å². The van der Waals surface area contributed by atoms with E-state index in [2.05, 4.69) is 21.7 Å². The second kappa shape index (κ2) is 11.6. The number of nitrogens with zero attached hydrogens (tertiary/aromatic N) is 2. The lowest BCUT2D eigenvalue weighted by Crippen LogP contribution is -2.42. The van der Waals surface area contributed by atoms with Crippen molar-refractivity contribution in [2.75, 3.05) is 33.4 Å². The lowest BCUT2D eigenvalue weighted by Gasteiger charge is -2.37. The van der Waals surface area contributed by atoms with E-state index < -0.39 is 17.8 Å². The summed E-state index contributed by atoms with van der Waals surface area (Å²) in [6.45, 7) is 1.80. The van der Waals surface area contributed by atoms with Gasteiger partial charge in [-0.2, -0.15) is 0 Å². The van der Waals surface area contributed by atoms with E-state index in [9.17, 15) is 13.9 Å². The molecule has 3 aromatic rings. The predicted molar refractivity (Wildman–Crippen MR) is 130 cm³/mol. The lowest BCUT2D eigenvalue weighted by atomic mass is 9.81. The van der Waals surface area contributed by atoms with Crippen molar-refractivity contribution in [3.05, 3.63) is 71.4 Å². The summed E-state index contributed by atoms with van der Waals surface area (Å²) in [5.74, 6) is 4.62. The van der Waals surface area contributed by atoms with Crippen molar-refractivity contribution < 1.29 is 23.0 Å². The number of halogens is 3. The number of alkyl halides is 1. The molecule has 1 aromatic heterocycles. The highest BCUT2D eigenvalue weighted by Gasteiger charge is 2.29. The lowest BCUT2D eigenvalue weighted by molar-refractivity contribution is 0.0708. The first kappa shape index (κ1) is 25.0. The number of aliphatic hydroxyl groups is 1. The van der Waals surface area contributed by atoms with Gasteiger partial charge in [-0.15, -0.1) is 0 Å². The van der Waals surface area contributed by atoms with E-state index in [1.807, 2.05) is 18.2 Å². The summed E-state index contributed by atoms with van der Waals surface area (Å²) in [5.41, 5.74) is 1.37. The van der Waals surface area contributed by atoms with E-state index in [0.29, 0.717) is 37.2 Å². The number of rotatable bonds is 7. The van der Waals surface area contributed by atoms with Gasteiger partial charge >= 0.3 is 0 Å². The maximum Gasteiger partial charge on any atom is 0.174 e. The zero-order chi connectivity index (χ0) is 24.8. The molecule has 7 heteroatoms. The molecule has 0 spiro atoms. The van der Waals surface area contributed by atoms with Crippen molar-refractivity contribution >= 4 is 10.9 Å². The molecular formula is C28H29F3N2O2. The van der Waals surface area contributed by atoms with Crippen molar-refractivity contribution in [3.63, 3.8) is 0 Å². The van der Waals surface area contributed by atoms with Crippen LogP contribution in [0.5, 0.6) is 5.75 Å². The fraction of sp³-hybridized carbons (Fsp3) is 0.393. The van der Waals surface area contributed by atoms with Gasteiger partial charge in [0.05, 0.1) is 24.7 Å². The molecule has 0 aliphatic carbocycles. The minimum Gasteiger partial charge on any atom is -0.497 e. The highest BCUT2D eigenvalue weighted by molar-refractivity contribution is 5.83. The summed E-state index contributed by atoms with van der Waals surface area (Å²) < 4.78 is 47.7. The fourth-order valence-electron chi connectivity index (χ4n) is 4.80. The van der Waals surface area contributed by atoms with Crippen LogP contribution in [0.1, 0.15) is 36.6 Å². The van der Waals surface area contributed by atoms with Gasteiger partial charge in [-0.1, -0.05) is 17.9 Å². The molecule has 0 radical (unpaired) electrons. The van der Waals surface area contributed by atoms with Crippen LogP contribution in [0.2, 0.25) is 0 Å². The van der Waals surface area contributed by atoms with Gasteiger partial charge in [-0.05, 0) is 79.6 Å². The molecule has 4 rings (SSSR count). The molecular weight excluding hydrogens is 453 g/mol. The van der Waals surface area contributed by atoms with Gasteiger partial charge in [-0.3, -0.25) is 9.88 Å². The van der Waals surface area contributed by atoms with Crippen LogP contribution in [0.4, 0.5) is 13.2 Å². The summed E-state index contributed by atoms with van der Waals surface area (Å²) >= 11 is 0. The Bertz CT molecular complexity index is 1220. The Morgan fingerprint density at radius 1 is 1.20 bits per heavy atom. The number of hydrogen-bond acceptors (Lipinski definition) is 4. The molecule has 0 bridgehead atoms. The van der Waals surface area contributed by atoms with Gasteiger partial charge in [-0.25, -0.2) is 13.2 Å². The van der Waals surface area contributed by atoms with Crippen molar-refractivity contribution in [2.24, 2.45) is 11.8 Å². The van der Waals surface area contributed by atoms with Gasteiger partial charge in [0.25, 0.3) is 0 Å². The van der Waals surface area contributed by atoms with Crippen LogP contribution in [-0.2, 0) is 0 Å². The number of aliphatic hydroxyl groups excluding tert-OH is 1. The summed E-state index contributed by atoms with van der Waals surface area (Å²) in [6, 6.07) is 11.1. The van der Waals surface area contributed by atoms with Crippen LogP contribution < -0.4 is 4.74 Å². The van der Waals surface area contributed by atoms with Crippen LogP contribution in [-0.4, -0.2) is 48.3 Å². The zero-order valence-corrected chi connectivity index (χ0v) is 19.7. The smallest absolute Gasteiger partial charge is 0.174 e. The Hall–Kier alpha value is -3.08. The Labute approximate surface area is 203 Å². The second-order valence-electron chi connectivity index (χ2n) is 8.96. The molecule has 1 unspecified atom stereocenters. The van der Waals surface area contributed by atoms with Gasteiger partial charge in [0.15, 0.2) is 11.6 Å². The van der Waals surface area contributed by atoms with E-state index in [4.69, 9.17) is 4.74 Å². The number of likely N-dealkylation sites (tertiary alicyclic amines) is 1. The largest absolute Gasteiger partial charge is 0.497 e. The molecule has 1 aliphatic heterocycles. The molecule has 35 heavy (non-hydrogen) atoms. The first-order valence-corrected chi connectivity index (χ1v) is 11.8. The molecule has 184 valence electrons. The first-order valence-electron chi connectivity index (χ1n) is 11.8. The normalized spacial score (nSPS) is 19.2. The Balaban J connectivity index is 1.35. The van der Waals surface area contributed by atoms with Crippen molar-refractivity contribution in [1.82, 2.24) is 9.88 Å². The second-order valence-corrected chi connectivity index (χ2v) is 8.96. The number of benzene rings is 2. The average Bonchev–Trinajstić information content (AvgIpc) is 2.89. The molecule has 0 amide bonds. The molecule has 4 nitrogen and oxygen atoms in total. The Kier molecular flexibility index (Phi) is 8.27. The van der Waals surface area contributed by atoms with Crippen molar-refractivity contribution in [2.45, 2.75) is 25.4 Å². The summed E-state index contributed by atoms with van der Waals surface area (Å²) in [6.07, 6.45) is 2.32. The number of aromatic nitrogens is 1. The molecule has 2 aromatic carbocycles. The van der Waals surface area contributed by atoms with E-state index in [1.165, 1.54) is 12.1 Å². The highest BCUT2D eigenvalue weighted by atomic mass is 19.2. The third kappa shape index (κ3) is 5.95. The third-order valence-corrected chi connectivity index (χ3v) is 6.80. The number of methoxy groups -OCH3 is 1. The minimum atomic E-state index is -1.14. The summed E-state index contributed by atoms with van der Waals surface area (Å²) in [5, 5.41) is 10.7. The van der Waals surface area contributed by atoms with Crippen LogP contribution in [0.25, 0.3) is 10.9 Å². The number of ether oxygens (including phenoxy) is 1. The third-order valence-electron chi connectivity index (χ3n) is 6.80. The standard InChI is InChI=1S/C28H29F3N2O2/c1-35-22-8-10-27-24(16-22)23(11-13-32-27)25(29)9-7-19-12-15-33(17-21(19)18-34)14-3-5-20-4-2-6-26(30)28(20)31/h2,4,6,8,10-11,13,16,19,21,25,34H,7,9,12,14-15,17-18H2,1H3/t19-,21-,25?/m1/s1. The fourth-order valence-corrected chi connectivity index (χ4v) is 4.80. The topological polar surface area (TPSA) is 45.6 Å². The van der Waals surface area contributed by atoms with Gasteiger partial charge in [0, 0.05) is 24.7 Å². The average molecular weight is 483 g/mol. The molecule has 3 atom stereocenters. The predicted octanol–water partition coefficient (Wildman–Crippen LogP) is 5.29. The van der Waals surface area contributed by atoms with Crippen molar-refractivity contribution in [3.8, 4) is 17.6 Å². The van der Waals surface area contributed by atoms with Gasteiger partial charge < -0.3 is 9.84 Å². The Morgan fingerprint density at radius 2 is 2.06 bits per heavy atom. The first-order chi connectivity index (χ1) is 17.0. The van der Waals surface area contributed by atoms with E-state index in [1.54, 1.807) is 19.4 Å². The maximum absolute atomic E-state index is 15.3. The SMILES string of the molecule is COc1ccc2nccc(C(F)CC[C@@H]3CCN(CC#Cc4cccc(F)c4F)C[C@@H]3CO)c2c1. The molecule has 1 aliphatic rings. The quantitative estimate of drug-likeness (QED) is 0.465. The molecule has 2 heterocycles. The number of pyridine rings is 1. The summed E-state index contributed by atoms with van der Waals surface area (Å²) in [7, 11) is 1.58. The molecule has 1 fully saturated rings. The van der Waals surface area contributed by atoms with Crippen LogP contribution in [0.3, 0.4) is 0 Å². The van der Waals surface area contributed by atoms with E-state index >= 15 is 4.39 Å². The van der Waals surface area contributed by atoms with Crippen LogP contribution >= 0.6 is 0 Å². The highest BCUT2D eigenvalue weighted by Crippen LogP contribution is 2.35. The Morgan fingerprint density at radius 3 is 2.86 bits per heavy atom. The molecule has 0 saturated carbocycles. The van der Waals surface area contributed by atoms with Crippen LogP contribution in [0, 0.1) is 35.3 Å². The monoisotopic (exact) mass is 482 g/mol. The van der Waals surface area contributed by atoms with Crippen LogP contribution in [0.15, 0.2) is 48.7 Å². The maximum atomic E-state index is 15.3. The zero-order valence-electron chi connectivity index (χ0n) is 19.7.